The van der Waals surface area contributed by atoms with Gasteiger partial charge < -0.3 is 4.90 Å². The first-order valence-corrected chi connectivity index (χ1v) is 6.78. The van der Waals surface area contributed by atoms with Crippen molar-refractivity contribution in [2.75, 3.05) is 11.4 Å². The Morgan fingerprint density at radius 3 is 2.15 bits per heavy atom. The number of anilines is 1. The van der Waals surface area contributed by atoms with E-state index in [-0.39, 0.29) is 12.1 Å². The lowest BCUT2D eigenvalue weighted by Crippen LogP contribution is -2.23. The fraction of sp³-hybridized carbons (Fsp3) is 0.294. The molecule has 0 fully saturated rings. The van der Waals surface area contributed by atoms with Crippen LogP contribution in [0.4, 0.5) is 14.5 Å². The summed E-state index contributed by atoms with van der Waals surface area (Å²) in [4.78, 5) is 1.97. The normalized spacial score (nSPS) is 10.7. The van der Waals surface area contributed by atoms with Gasteiger partial charge >= 0.3 is 0 Å². The van der Waals surface area contributed by atoms with Gasteiger partial charge in [-0.1, -0.05) is 12.1 Å². The van der Waals surface area contributed by atoms with Crippen molar-refractivity contribution in [3.8, 4) is 0 Å². The van der Waals surface area contributed by atoms with E-state index in [1.54, 1.807) is 0 Å². The van der Waals surface area contributed by atoms with Crippen molar-refractivity contribution in [3.05, 3.63) is 64.7 Å². The number of hydrogen-bond donors (Lipinski definition) is 0. The van der Waals surface area contributed by atoms with Gasteiger partial charge in [0, 0.05) is 24.3 Å². The van der Waals surface area contributed by atoms with Crippen molar-refractivity contribution in [3.63, 3.8) is 0 Å². The van der Waals surface area contributed by atoms with Crippen LogP contribution in [-0.4, -0.2) is 6.54 Å². The second-order valence-corrected chi connectivity index (χ2v) is 4.98. The molecular formula is C17H19F2N. The zero-order chi connectivity index (χ0) is 14.7. The van der Waals surface area contributed by atoms with Gasteiger partial charge in [0.2, 0.25) is 0 Å². The van der Waals surface area contributed by atoms with E-state index in [2.05, 4.69) is 6.07 Å². The molecule has 0 saturated heterocycles. The van der Waals surface area contributed by atoms with E-state index in [4.69, 9.17) is 0 Å². The largest absolute Gasteiger partial charge is 0.367 e. The summed E-state index contributed by atoms with van der Waals surface area (Å²) in [5, 5.41) is 0. The Bertz CT molecular complexity index is 588. The molecule has 2 aromatic carbocycles. The van der Waals surface area contributed by atoms with Crippen molar-refractivity contribution in [1.29, 1.82) is 0 Å². The molecule has 0 amide bonds. The van der Waals surface area contributed by atoms with Crippen molar-refractivity contribution in [1.82, 2.24) is 0 Å². The Morgan fingerprint density at radius 2 is 1.60 bits per heavy atom. The lowest BCUT2D eigenvalue weighted by atomic mass is 10.1. The minimum atomic E-state index is -0.493. The van der Waals surface area contributed by atoms with Gasteiger partial charge in [0.05, 0.1) is 0 Å². The summed E-state index contributed by atoms with van der Waals surface area (Å²) in [6, 6.07) is 10.1. The van der Waals surface area contributed by atoms with Gasteiger partial charge in [0.15, 0.2) is 0 Å². The van der Waals surface area contributed by atoms with E-state index in [1.165, 1.54) is 29.3 Å². The molecule has 0 atom stereocenters. The van der Waals surface area contributed by atoms with Crippen LogP contribution in [0.1, 0.15) is 23.6 Å². The van der Waals surface area contributed by atoms with Gasteiger partial charge in [0.25, 0.3) is 0 Å². The Morgan fingerprint density at radius 1 is 0.950 bits per heavy atom. The predicted molar refractivity (Wildman–Crippen MR) is 79.0 cm³/mol. The molecule has 0 aliphatic heterocycles. The number of rotatable bonds is 4. The summed E-state index contributed by atoms with van der Waals surface area (Å²) in [7, 11) is 0. The average Bonchev–Trinajstić information content (AvgIpc) is 2.42. The summed E-state index contributed by atoms with van der Waals surface area (Å²) in [6.07, 6.45) is 0. The number of halogens is 2. The first-order valence-electron chi connectivity index (χ1n) is 6.78. The SMILES string of the molecule is CCN(Cc1c(F)cccc1F)c1ccc(C)c(C)c1. The van der Waals surface area contributed by atoms with Crippen LogP contribution in [0.25, 0.3) is 0 Å². The highest BCUT2D eigenvalue weighted by molar-refractivity contribution is 5.51. The fourth-order valence-corrected chi connectivity index (χ4v) is 2.18. The molecule has 0 heterocycles. The molecule has 0 aliphatic carbocycles. The molecule has 0 N–H and O–H groups in total. The third-order valence-corrected chi connectivity index (χ3v) is 3.65. The Labute approximate surface area is 118 Å². The van der Waals surface area contributed by atoms with Crippen molar-refractivity contribution in [2.24, 2.45) is 0 Å². The highest BCUT2D eigenvalue weighted by Crippen LogP contribution is 2.22. The summed E-state index contributed by atoms with van der Waals surface area (Å²) in [5.74, 6) is -0.987. The quantitative estimate of drug-likeness (QED) is 0.787. The smallest absolute Gasteiger partial charge is 0.131 e. The van der Waals surface area contributed by atoms with Crippen LogP contribution < -0.4 is 4.90 Å². The van der Waals surface area contributed by atoms with Crippen LogP contribution in [0.5, 0.6) is 0 Å². The summed E-state index contributed by atoms with van der Waals surface area (Å²) >= 11 is 0. The van der Waals surface area contributed by atoms with Crippen LogP contribution in [-0.2, 0) is 6.54 Å². The Kier molecular flexibility index (Phi) is 4.38. The summed E-state index contributed by atoms with van der Waals surface area (Å²) < 4.78 is 27.5. The first-order chi connectivity index (χ1) is 9.52. The maximum atomic E-state index is 13.7. The molecule has 0 aliphatic rings. The van der Waals surface area contributed by atoms with Crippen LogP contribution in [0.2, 0.25) is 0 Å². The molecule has 2 aromatic rings. The molecule has 0 saturated carbocycles. The predicted octanol–water partition coefficient (Wildman–Crippen LogP) is 4.61. The molecular weight excluding hydrogens is 256 g/mol. The first kappa shape index (κ1) is 14.5. The zero-order valence-corrected chi connectivity index (χ0v) is 12.1. The Hall–Kier alpha value is -1.90. The lowest BCUT2D eigenvalue weighted by Gasteiger charge is -2.24. The number of nitrogens with zero attached hydrogens (tertiary/aromatic N) is 1. The third-order valence-electron chi connectivity index (χ3n) is 3.65. The van der Waals surface area contributed by atoms with E-state index in [0.29, 0.717) is 6.54 Å². The monoisotopic (exact) mass is 275 g/mol. The molecule has 2 rings (SSSR count). The topological polar surface area (TPSA) is 3.24 Å². The minimum Gasteiger partial charge on any atom is -0.367 e. The molecule has 0 unspecified atom stereocenters. The molecule has 1 nitrogen and oxygen atoms in total. The number of hydrogen-bond acceptors (Lipinski definition) is 1. The van der Waals surface area contributed by atoms with E-state index < -0.39 is 11.6 Å². The second-order valence-electron chi connectivity index (χ2n) is 4.98. The van der Waals surface area contributed by atoms with Crippen molar-refractivity contribution in [2.45, 2.75) is 27.3 Å². The highest BCUT2D eigenvalue weighted by Gasteiger charge is 2.13. The van der Waals surface area contributed by atoms with Crippen LogP contribution >= 0.6 is 0 Å². The van der Waals surface area contributed by atoms with Gasteiger partial charge in [-0.05, 0) is 56.2 Å². The minimum absolute atomic E-state index is 0.118. The molecule has 0 aromatic heterocycles. The maximum Gasteiger partial charge on any atom is 0.131 e. The lowest BCUT2D eigenvalue weighted by molar-refractivity contribution is 0.551. The number of benzene rings is 2. The van der Waals surface area contributed by atoms with E-state index in [1.807, 2.05) is 37.8 Å². The highest BCUT2D eigenvalue weighted by atomic mass is 19.1. The van der Waals surface area contributed by atoms with Crippen LogP contribution in [0, 0.1) is 25.5 Å². The molecule has 0 spiro atoms. The maximum absolute atomic E-state index is 13.7. The molecule has 20 heavy (non-hydrogen) atoms. The van der Waals surface area contributed by atoms with Gasteiger partial charge in [-0.3, -0.25) is 0 Å². The van der Waals surface area contributed by atoms with E-state index in [9.17, 15) is 8.78 Å². The summed E-state index contributed by atoms with van der Waals surface area (Å²) in [5.41, 5.74) is 3.49. The standard InChI is InChI=1S/C17H19F2N/c1-4-20(14-9-8-12(2)13(3)10-14)11-15-16(18)6-5-7-17(15)19/h5-10H,4,11H2,1-3H3. The van der Waals surface area contributed by atoms with Crippen molar-refractivity contribution >= 4 is 5.69 Å². The van der Waals surface area contributed by atoms with Gasteiger partial charge in [-0.2, -0.15) is 0 Å². The van der Waals surface area contributed by atoms with Crippen LogP contribution in [0.3, 0.4) is 0 Å². The summed E-state index contributed by atoms with van der Waals surface area (Å²) in [6.45, 7) is 6.99. The van der Waals surface area contributed by atoms with Crippen molar-refractivity contribution < 1.29 is 8.78 Å². The molecule has 106 valence electrons. The Balaban J connectivity index is 2.31. The number of aryl methyl sites for hydroxylation is 2. The average molecular weight is 275 g/mol. The second kappa shape index (κ2) is 6.04. The van der Waals surface area contributed by atoms with E-state index >= 15 is 0 Å². The molecule has 0 bridgehead atoms. The van der Waals surface area contributed by atoms with Gasteiger partial charge in [0.1, 0.15) is 11.6 Å². The zero-order valence-electron chi connectivity index (χ0n) is 12.1. The van der Waals surface area contributed by atoms with E-state index in [0.717, 1.165) is 5.69 Å². The fourth-order valence-electron chi connectivity index (χ4n) is 2.18. The molecule has 3 heteroatoms. The van der Waals surface area contributed by atoms with Gasteiger partial charge in [-0.15, -0.1) is 0 Å². The molecule has 0 radical (unpaired) electrons. The van der Waals surface area contributed by atoms with Gasteiger partial charge in [-0.25, -0.2) is 8.78 Å². The third kappa shape index (κ3) is 2.98. The van der Waals surface area contributed by atoms with Crippen LogP contribution in [0.15, 0.2) is 36.4 Å².